The van der Waals surface area contributed by atoms with Gasteiger partial charge in [0.05, 0.1) is 17.1 Å². The summed E-state index contributed by atoms with van der Waals surface area (Å²) in [6.45, 7) is 2.16. The van der Waals surface area contributed by atoms with Gasteiger partial charge in [0, 0.05) is 28.2 Å². The average Bonchev–Trinajstić information content (AvgIpc) is 2.66. The fraction of sp³-hybridized carbons (Fsp3) is 0.278. The predicted molar refractivity (Wildman–Crippen MR) is 95.3 cm³/mol. The van der Waals surface area contributed by atoms with E-state index < -0.39 is 10.9 Å². The second-order valence-electron chi connectivity index (χ2n) is 5.47. The Morgan fingerprint density at radius 2 is 2.15 bits per heavy atom. The molecule has 0 spiro atoms. The Labute approximate surface area is 154 Å². The van der Waals surface area contributed by atoms with Crippen LogP contribution in [0.5, 0.6) is 5.75 Å². The summed E-state index contributed by atoms with van der Waals surface area (Å²) in [6.07, 6.45) is 0. The van der Waals surface area contributed by atoms with Gasteiger partial charge in [-0.3, -0.25) is 10.1 Å². The number of nitrogens with zero attached hydrogens (tertiary/aromatic N) is 1. The van der Waals surface area contributed by atoms with Gasteiger partial charge in [0.2, 0.25) is 0 Å². The van der Waals surface area contributed by atoms with E-state index in [0.717, 1.165) is 10.6 Å². The van der Waals surface area contributed by atoms with E-state index in [0.29, 0.717) is 22.4 Å². The fourth-order valence-electron chi connectivity index (χ4n) is 2.63. The fourth-order valence-corrected chi connectivity index (χ4v) is 3.42. The van der Waals surface area contributed by atoms with Crippen LogP contribution in [0.1, 0.15) is 28.4 Å². The molecule has 0 N–H and O–H groups in total. The summed E-state index contributed by atoms with van der Waals surface area (Å²) in [5, 5.41) is 11.1. The second-order valence-corrected chi connectivity index (χ2v) is 6.77. The Morgan fingerprint density at radius 1 is 1.35 bits per heavy atom. The van der Waals surface area contributed by atoms with Crippen LogP contribution in [-0.4, -0.2) is 23.4 Å². The van der Waals surface area contributed by atoms with Crippen molar-refractivity contribution in [3.63, 3.8) is 0 Å². The molecule has 0 fully saturated rings. The van der Waals surface area contributed by atoms with Crippen LogP contribution in [-0.2, 0) is 22.7 Å². The van der Waals surface area contributed by atoms with Crippen molar-refractivity contribution in [3.8, 4) is 5.75 Å². The zero-order chi connectivity index (χ0) is 18.5. The molecule has 0 atom stereocenters. The topological polar surface area (TPSA) is 87.9 Å². The highest BCUT2D eigenvalue weighted by atomic mass is 32.2. The van der Waals surface area contributed by atoms with Crippen LogP contribution in [0.4, 0.5) is 5.69 Å². The molecule has 2 aromatic carbocycles. The van der Waals surface area contributed by atoms with Crippen LogP contribution in [0, 0.1) is 10.1 Å². The van der Waals surface area contributed by atoms with E-state index in [1.54, 1.807) is 23.9 Å². The molecule has 1 aliphatic heterocycles. The minimum absolute atomic E-state index is 0.0573. The number of benzene rings is 2. The summed E-state index contributed by atoms with van der Waals surface area (Å²) >= 11 is 1.55. The third-order valence-corrected chi connectivity index (χ3v) is 4.70. The standard InChI is InChI=1S/C18H17NO6S/c1-2-26-16-6-4-3-5-15(16)18(20)24-10-13-8-14(19(21)22)7-12-9-23-11-25-17(12)13/h3-8H,2,9-11H2,1H3. The lowest BCUT2D eigenvalue weighted by Crippen LogP contribution is -2.15. The SMILES string of the molecule is CCSc1ccccc1C(=O)OCc1cc([N+](=O)[O-])cc2c1OCOC2. The van der Waals surface area contributed by atoms with Crippen molar-refractivity contribution in [2.75, 3.05) is 12.5 Å². The van der Waals surface area contributed by atoms with Crippen molar-refractivity contribution >= 4 is 23.4 Å². The number of rotatable bonds is 6. The van der Waals surface area contributed by atoms with Crippen molar-refractivity contribution in [2.24, 2.45) is 0 Å². The van der Waals surface area contributed by atoms with Crippen LogP contribution in [0.25, 0.3) is 0 Å². The maximum Gasteiger partial charge on any atom is 0.339 e. The number of nitro groups is 1. The number of hydrogen-bond acceptors (Lipinski definition) is 7. The molecule has 7 nitrogen and oxygen atoms in total. The quantitative estimate of drug-likeness (QED) is 0.327. The van der Waals surface area contributed by atoms with Gasteiger partial charge in [0.15, 0.2) is 6.79 Å². The molecule has 8 heteroatoms. The molecule has 0 radical (unpaired) electrons. The largest absolute Gasteiger partial charge is 0.467 e. The average molecular weight is 375 g/mol. The number of thioether (sulfide) groups is 1. The third kappa shape index (κ3) is 3.97. The summed E-state index contributed by atoms with van der Waals surface area (Å²) in [5.41, 5.74) is 1.40. The number of nitro benzene ring substituents is 1. The van der Waals surface area contributed by atoms with Gasteiger partial charge in [-0.05, 0) is 17.9 Å². The number of carbonyl (C=O) groups is 1. The summed E-state index contributed by atoms with van der Waals surface area (Å²) < 4.78 is 16.0. The lowest BCUT2D eigenvalue weighted by Gasteiger charge is -2.20. The van der Waals surface area contributed by atoms with Crippen LogP contribution in [0.2, 0.25) is 0 Å². The van der Waals surface area contributed by atoms with Crippen molar-refractivity contribution in [1.82, 2.24) is 0 Å². The zero-order valence-electron chi connectivity index (χ0n) is 14.1. The molecule has 1 heterocycles. The maximum atomic E-state index is 12.5. The lowest BCUT2D eigenvalue weighted by atomic mass is 10.1. The molecule has 0 saturated carbocycles. The summed E-state index contributed by atoms with van der Waals surface area (Å²) in [4.78, 5) is 23.9. The van der Waals surface area contributed by atoms with Gasteiger partial charge in [-0.25, -0.2) is 4.79 Å². The Balaban J connectivity index is 1.82. The second kappa shape index (κ2) is 8.20. The molecule has 0 saturated heterocycles. The van der Waals surface area contributed by atoms with Crippen LogP contribution in [0.3, 0.4) is 0 Å². The molecular weight excluding hydrogens is 358 g/mol. The van der Waals surface area contributed by atoms with Crippen LogP contribution < -0.4 is 4.74 Å². The van der Waals surface area contributed by atoms with E-state index in [4.69, 9.17) is 14.2 Å². The van der Waals surface area contributed by atoms with Gasteiger partial charge < -0.3 is 14.2 Å². The first-order chi connectivity index (χ1) is 12.6. The van der Waals surface area contributed by atoms with Gasteiger partial charge in [-0.2, -0.15) is 0 Å². The Bertz CT molecular complexity index is 838. The minimum Gasteiger partial charge on any atom is -0.467 e. The van der Waals surface area contributed by atoms with Crippen molar-refractivity contribution < 1.29 is 23.9 Å². The number of esters is 1. The van der Waals surface area contributed by atoms with Crippen molar-refractivity contribution in [3.05, 3.63) is 63.2 Å². The Morgan fingerprint density at radius 3 is 2.92 bits per heavy atom. The zero-order valence-corrected chi connectivity index (χ0v) is 14.9. The van der Waals surface area contributed by atoms with E-state index >= 15 is 0 Å². The molecule has 0 unspecified atom stereocenters. The van der Waals surface area contributed by atoms with E-state index in [1.165, 1.54) is 12.1 Å². The number of ether oxygens (including phenoxy) is 3. The first-order valence-electron chi connectivity index (χ1n) is 7.99. The number of non-ortho nitro benzene ring substituents is 1. The minimum atomic E-state index is -0.493. The highest BCUT2D eigenvalue weighted by Crippen LogP contribution is 2.33. The lowest BCUT2D eigenvalue weighted by molar-refractivity contribution is -0.385. The monoisotopic (exact) mass is 375 g/mol. The van der Waals surface area contributed by atoms with Crippen molar-refractivity contribution in [1.29, 1.82) is 0 Å². The molecule has 0 aliphatic carbocycles. The van der Waals surface area contributed by atoms with Crippen LogP contribution >= 0.6 is 11.8 Å². The van der Waals surface area contributed by atoms with Crippen LogP contribution in [0.15, 0.2) is 41.3 Å². The van der Waals surface area contributed by atoms with Gasteiger partial charge in [-0.1, -0.05) is 19.1 Å². The number of hydrogen-bond donors (Lipinski definition) is 0. The first kappa shape index (κ1) is 18.2. The molecular formula is C18H17NO6S. The van der Waals surface area contributed by atoms with E-state index in [1.807, 2.05) is 19.1 Å². The van der Waals surface area contributed by atoms with Gasteiger partial charge in [0.1, 0.15) is 12.4 Å². The van der Waals surface area contributed by atoms with Gasteiger partial charge in [-0.15, -0.1) is 11.8 Å². The van der Waals surface area contributed by atoms with Crippen molar-refractivity contribution in [2.45, 2.75) is 25.0 Å². The molecule has 3 rings (SSSR count). The van der Waals surface area contributed by atoms with E-state index in [-0.39, 0.29) is 25.7 Å². The number of fused-ring (bicyclic) bond motifs is 1. The highest BCUT2D eigenvalue weighted by Gasteiger charge is 2.22. The number of carbonyl (C=O) groups excluding carboxylic acids is 1. The molecule has 0 bridgehead atoms. The highest BCUT2D eigenvalue weighted by molar-refractivity contribution is 7.99. The van der Waals surface area contributed by atoms with Gasteiger partial charge in [0.25, 0.3) is 5.69 Å². The molecule has 0 amide bonds. The third-order valence-electron chi connectivity index (χ3n) is 3.75. The summed E-state index contributed by atoms with van der Waals surface area (Å²) in [6, 6.07) is 9.97. The first-order valence-corrected chi connectivity index (χ1v) is 8.98. The normalized spacial score (nSPS) is 12.8. The molecule has 136 valence electrons. The molecule has 2 aromatic rings. The van der Waals surface area contributed by atoms with E-state index in [2.05, 4.69) is 0 Å². The molecule has 0 aromatic heterocycles. The summed E-state index contributed by atoms with van der Waals surface area (Å²) in [7, 11) is 0. The summed E-state index contributed by atoms with van der Waals surface area (Å²) in [5.74, 6) is 0.830. The maximum absolute atomic E-state index is 12.5. The van der Waals surface area contributed by atoms with Gasteiger partial charge >= 0.3 is 5.97 Å². The smallest absolute Gasteiger partial charge is 0.339 e. The Kier molecular flexibility index (Phi) is 5.75. The molecule has 1 aliphatic rings. The predicted octanol–water partition coefficient (Wildman–Crippen LogP) is 3.93. The molecule has 26 heavy (non-hydrogen) atoms. The Hall–Kier alpha value is -2.58. The van der Waals surface area contributed by atoms with E-state index in [9.17, 15) is 14.9 Å².